The van der Waals surface area contributed by atoms with Gasteiger partial charge in [0.1, 0.15) is 6.54 Å². The van der Waals surface area contributed by atoms with Crippen molar-refractivity contribution in [1.29, 1.82) is 0 Å². The van der Waals surface area contributed by atoms with E-state index in [1.165, 1.54) is 10.6 Å². The van der Waals surface area contributed by atoms with Gasteiger partial charge in [0.2, 0.25) is 5.91 Å². The van der Waals surface area contributed by atoms with Crippen LogP contribution in [0.25, 0.3) is 0 Å². The molecular formula is C20H26N2O4. The highest BCUT2D eigenvalue weighted by molar-refractivity contribution is 5.75. The standard InChI is InChI=1S/C20H26N2O4/c1-4-25-17-7-6-16(13-18(17)26-5-2)8-10-21-19(23)14-22-11-9-15(3)12-20(22)24/h6-7,9,11-13H,4-5,8,10,14H2,1-3H3,(H,21,23). The van der Waals surface area contributed by atoms with E-state index in [0.717, 1.165) is 16.9 Å². The molecule has 0 aliphatic carbocycles. The Bertz CT molecular complexity index is 799. The number of nitrogens with zero attached hydrogens (tertiary/aromatic N) is 1. The first kappa shape index (κ1) is 19.6. The lowest BCUT2D eigenvalue weighted by molar-refractivity contribution is -0.121. The summed E-state index contributed by atoms with van der Waals surface area (Å²) in [6.07, 6.45) is 2.30. The molecule has 6 nitrogen and oxygen atoms in total. The van der Waals surface area contributed by atoms with E-state index in [9.17, 15) is 9.59 Å². The topological polar surface area (TPSA) is 69.6 Å². The number of pyridine rings is 1. The van der Waals surface area contributed by atoms with Crippen LogP contribution in [0.3, 0.4) is 0 Å². The smallest absolute Gasteiger partial charge is 0.251 e. The highest BCUT2D eigenvalue weighted by Crippen LogP contribution is 2.28. The van der Waals surface area contributed by atoms with Gasteiger partial charge in [-0.05, 0) is 56.5 Å². The van der Waals surface area contributed by atoms with Gasteiger partial charge in [-0.2, -0.15) is 0 Å². The van der Waals surface area contributed by atoms with Crippen LogP contribution >= 0.6 is 0 Å². The second-order valence-electron chi connectivity index (χ2n) is 5.92. The molecule has 1 aromatic carbocycles. The number of carbonyl (C=O) groups is 1. The van der Waals surface area contributed by atoms with E-state index >= 15 is 0 Å². The van der Waals surface area contributed by atoms with E-state index in [0.29, 0.717) is 31.9 Å². The second-order valence-corrected chi connectivity index (χ2v) is 5.92. The summed E-state index contributed by atoms with van der Waals surface area (Å²) in [4.78, 5) is 23.8. The molecule has 1 N–H and O–H groups in total. The van der Waals surface area contributed by atoms with Crippen molar-refractivity contribution in [2.75, 3.05) is 19.8 Å². The molecule has 0 unspecified atom stereocenters. The molecule has 1 heterocycles. The van der Waals surface area contributed by atoms with Crippen molar-refractivity contribution >= 4 is 5.91 Å². The van der Waals surface area contributed by atoms with Gasteiger partial charge in [-0.1, -0.05) is 6.07 Å². The summed E-state index contributed by atoms with van der Waals surface area (Å²) in [6, 6.07) is 9.11. The number of amides is 1. The Morgan fingerprint density at radius 3 is 2.50 bits per heavy atom. The molecule has 0 saturated heterocycles. The number of hydrogen-bond acceptors (Lipinski definition) is 4. The molecule has 0 spiro atoms. The minimum Gasteiger partial charge on any atom is -0.490 e. The lowest BCUT2D eigenvalue weighted by atomic mass is 10.1. The summed E-state index contributed by atoms with van der Waals surface area (Å²) < 4.78 is 12.6. The van der Waals surface area contributed by atoms with Gasteiger partial charge in [-0.3, -0.25) is 9.59 Å². The van der Waals surface area contributed by atoms with Gasteiger partial charge in [0.05, 0.1) is 13.2 Å². The molecule has 26 heavy (non-hydrogen) atoms. The maximum Gasteiger partial charge on any atom is 0.251 e. The maximum absolute atomic E-state index is 12.0. The number of carbonyl (C=O) groups excluding carboxylic acids is 1. The van der Waals surface area contributed by atoms with Crippen LogP contribution < -0.4 is 20.3 Å². The average Bonchev–Trinajstić information content (AvgIpc) is 2.60. The van der Waals surface area contributed by atoms with E-state index in [1.807, 2.05) is 45.0 Å². The van der Waals surface area contributed by atoms with Crippen molar-refractivity contribution in [1.82, 2.24) is 9.88 Å². The third-order valence-corrected chi connectivity index (χ3v) is 3.81. The number of aromatic nitrogens is 1. The predicted octanol–water partition coefficient (Wildman–Crippen LogP) is 2.31. The Hall–Kier alpha value is -2.76. The molecule has 2 aromatic rings. The molecule has 0 fully saturated rings. The number of rotatable bonds is 9. The third kappa shape index (κ3) is 5.65. The van der Waals surface area contributed by atoms with Crippen molar-refractivity contribution in [2.45, 2.75) is 33.7 Å². The summed E-state index contributed by atoms with van der Waals surface area (Å²) in [5, 5.41) is 2.84. The van der Waals surface area contributed by atoms with Gasteiger partial charge in [-0.25, -0.2) is 0 Å². The van der Waals surface area contributed by atoms with Crippen molar-refractivity contribution < 1.29 is 14.3 Å². The fourth-order valence-electron chi connectivity index (χ4n) is 2.55. The molecule has 0 aliphatic heterocycles. The lowest BCUT2D eigenvalue weighted by Crippen LogP contribution is -2.33. The molecule has 0 radical (unpaired) electrons. The van der Waals surface area contributed by atoms with Crippen LogP contribution in [-0.2, 0) is 17.8 Å². The maximum atomic E-state index is 12.0. The summed E-state index contributed by atoms with van der Waals surface area (Å²) in [7, 11) is 0. The van der Waals surface area contributed by atoms with Crippen LogP contribution in [0, 0.1) is 6.92 Å². The molecule has 1 amide bonds. The molecule has 0 atom stereocenters. The molecular weight excluding hydrogens is 332 g/mol. The first-order chi connectivity index (χ1) is 12.5. The minimum atomic E-state index is -0.188. The summed E-state index contributed by atoms with van der Waals surface area (Å²) in [6.45, 7) is 7.35. The normalized spacial score (nSPS) is 10.4. The van der Waals surface area contributed by atoms with E-state index in [1.54, 1.807) is 6.20 Å². The van der Waals surface area contributed by atoms with E-state index in [-0.39, 0.29) is 18.0 Å². The molecule has 0 bridgehead atoms. The SMILES string of the molecule is CCOc1ccc(CCNC(=O)Cn2ccc(C)cc2=O)cc1OCC. The van der Waals surface area contributed by atoms with E-state index < -0.39 is 0 Å². The zero-order chi connectivity index (χ0) is 18.9. The second kappa shape index (κ2) is 9.65. The Morgan fingerprint density at radius 1 is 1.08 bits per heavy atom. The summed E-state index contributed by atoms with van der Waals surface area (Å²) >= 11 is 0. The molecule has 140 valence electrons. The van der Waals surface area contributed by atoms with Gasteiger partial charge in [0, 0.05) is 18.8 Å². The zero-order valence-electron chi connectivity index (χ0n) is 15.6. The first-order valence-electron chi connectivity index (χ1n) is 8.85. The van der Waals surface area contributed by atoms with Crippen LogP contribution in [0.5, 0.6) is 11.5 Å². The first-order valence-corrected chi connectivity index (χ1v) is 8.85. The molecule has 2 rings (SSSR count). The predicted molar refractivity (Wildman–Crippen MR) is 101 cm³/mol. The third-order valence-electron chi connectivity index (χ3n) is 3.81. The van der Waals surface area contributed by atoms with Gasteiger partial charge >= 0.3 is 0 Å². The molecule has 0 aliphatic rings. The van der Waals surface area contributed by atoms with Crippen LogP contribution in [0.2, 0.25) is 0 Å². The van der Waals surface area contributed by atoms with Gasteiger partial charge < -0.3 is 19.4 Å². The largest absolute Gasteiger partial charge is 0.490 e. The quantitative estimate of drug-likeness (QED) is 0.747. The van der Waals surface area contributed by atoms with E-state index in [2.05, 4.69) is 5.32 Å². The fraction of sp³-hybridized carbons (Fsp3) is 0.400. The van der Waals surface area contributed by atoms with Crippen molar-refractivity contribution in [3.8, 4) is 11.5 Å². The van der Waals surface area contributed by atoms with Crippen molar-refractivity contribution in [2.24, 2.45) is 0 Å². The van der Waals surface area contributed by atoms with Crippen LogP contribution in [0.4, 0.5) is 0 Å². The Morgan fingerprint density at radius 2 is 1.81 bits per heavy atom. The Labute approximate surface area is 153 Å². The lowest BCUT2D eigenvalue weighted by Gasteiger charge is -2.13. The van der Waals surface area contributed by atoms with Crippen molar-refractivity contribution in [3.05, 3.63) is 58.0 Å². The molecule has 6 heteroatoms. The number of aryl methyl sites for hydroxylation is 1. The average molecular weight is 358 g/mol. The van der Waals surface area contributed by atoms with Crippen LogP contribution in [0.15, 0.2) is 41.3 Å². The highest BCUT2D eigenvalue weighted by atomic mass is 16.5. The number of benzene rings is 1. The highest BCUT2D eigenvalue weighted by Gasteiger charge is 2.08. The molecule has 0 saturated carbocycles. The number of nitrogens with one attached hydrogen (secondary N) is 1. The van der Waals surface area contributed by atoms with Crippen LogP contribution in [0.1, 0.15) is 25.0 Å². The fourth-order valence-corrected chi connectivity index (χ4v) is 2.55. The summed E-state index contributed by atoms with van der Waals surface area (Å²) in [5.74, 6) is 1.25. The molecule has 1 aromatic heterocycles. The van der Waals surface area contributed by atoms with Gasteiger partial charge in [0.15, 0.2) is 11.5 Å². The minimum absolute atomic E-state index is 0.0204. The Balaban J connectivity index is 1.89. The van der Waals surface area contributed by atoms with Crippen molar-refractivity contribution in [3.63, 3.8) is 0 Å². The Kier molecular flexibility index (Phi) is 7.26. The van der Waals surface area contributed by atoms with Crippen LogP contribution in [-0.4, -0.2) is 30.2 Å². The van der Waals surface area contributed by atoms with Gasteiger partial charge in [-0.15, -0.1) is 0 Å². The number of ether oxygens (including phenoxy) is 2. The monoisotopic (exact) mass is 358 g/mol. The zero-order valence-corrected chi connectivity index (χ0v) is 15.6. The van der Waals surface area contributed by atoms with E-state index in [4.69, 9.17) is 9.47 Å². The summed E-state index contributed by atoms with van der Waals surface area (Å²) in [5.41, 5.74) is 1.75. The van der Waals surface area contributed by atoms with Gasteiger partial charge in [0.25, 0.3) is 5.56 Å². The number of hydrogen-bond donors (Lipinski definition) is 1.